The van der Waals surface area contributed by atoms with Crippen molar-refractivity contribution in [3.05, 3.63) is 72.9 Å². The van der Waals surface area contributed by atoms with Crippen molar-refractivity contribution in [2.24, 2.45) is 0 Å². The van der Waals surface area contributed by atoms with Crippen molar-refractivity contribution in [2.45, 2.75) is 289 Å². The Bertz CT molecular complexity index is 1470. The molecule has 0 aliphatic heterocycles. The number of hydrogen-bond acceptors (Lipinski definition) is 7. The summed E-state index contributed by atoms with van der Waals surface area (Å²) in [5, 5.41) is 9.72. The van der Waals surface area contributed by atoms with Gasteiger partial charge in [0.15, 0.2) is 6.10 Å². The maximum atomic E-state index is 12.9. The first-order valence-electron chi connectivity index (χ1n) is 31.6. The molecule has 0 aromatic rings. The van der Waals surface area contributed by atoms with Crippen LogP contribution in [0, 0.1) is 0 Å². The number of hydrogen-bond donors (Lipinski definition) is 1. The molecule has 0 heterocycles. The molecular weight excluding hydrogens is 947 g/mol. The van der Waals surface area contributed by atoms with Gasteiger partial charge in [0, 0.05) is 12.8 Å². The van der Waals surface area contributed by atoms with E-state index in [9.17, 15) is 19.5 Å². The lowest BCUT2D eigenvalue weighted by Gasteiger charge is -2.25. The highest BCUT2D eigenvalue weighted by Crippen LogP contribution is 2.17. The molecule has 2 atom stereocenters. The van der Waals surface area contributed by atoms with E-state index in [2.05, 4.69) is 86.8 Å². The maximum Gasteiger partial charge on any atom is 0.361 e. The predicted octanol–water partition coefficient (Wildman–Crippen LogP) is 19.0. The molecule has 0 saturated heterocycles. The number of aliphatic carboxylic acids is 1. The molecular formula is C67H120NO8+. The zero-order chi connectivity index (χ0) is 55.5. The van der Waals surface area contributed by atoms with Gasteiger partial charge in [-0.3, -0.25) is 9.59 Å². The number of rotatable bonds is 58. The molecule has 0 spiro atoms. The highest BCUT2D eigenvalue weighted by atomic mass is 16.7. The van der Waals surface area contributed by atoms with Gasteiger partial charge in [-0.1, -0.05) is 254 Å². The zero-order valence-corrected chi connectivity index (χ0v) is 50.2. The minimum atomic E-state index is -1.51. The number of allylic oxidation sites excluding steroid dienone is 12. The van der Waals surface area contributed by atoms with Crippen LogP contribution in [-0.4, -0.2) is 87.4 Å². The number of carbonyl (C=O) groups is 3. The Hall–Kier alpha value is -3.27. The number of ether oxygens (including phenoxy) is 4. The summed E-state index contributed by atoms with van der Waals surface area (Å²) >= 11 is 0. The van der Waals surface area contributed by atoms with Crippen LogP contribution < -0.4 is 0 Å². The molecule has 0 saturated carbocycles. The van der Waals surface area contributed by atoms with Crippen molar-refractivity contribution in [3.8, 4) is 0 Å². The fourth-order valence-electron chi connectivity index (χ4n) is 8.86. The van der Waals surface area contributed by atoms with Crippen LogP contribution in [0.2, 0.25) is 0 Å². The summed E-state index contributed by atoms with van der Waals surface area (Å²) in [5.74, 6) is -2.00. The first kappa shape index (κ1) is 72.7. The minimum Gasteiger partial charge on any atom is -0.477 e. The van der Waals surface area contributed by atoms with Crippen LogP contribution in [-0.2, 0) is 33.3 Å². The number of carboxylic acids is 1. The quantitative estimate of drug-likeness (QED) is 0.0211. The molecule has 0 aliphatic rings. The van der Waals surface area contributed by atoms with E-state index in [1.807, 2.05) is 21.1 Å². The third-order valence-corrected chi connectivity index (χ3v) is 13.7. The van der Waals surface area contributed by atoms with Crippen molar-refractivity contribution in [1.29, 1.82) is 0 Å². The highest BCUT2D eigenvalue weighted by Gasteiger charge is 2.25. The van der Waals surface area contributed by atoms with Gasteiger partial charge in [0.05, 0.1) is 34.4 Å². The molecule has 0 aromatic heterocycles. The Morgan fingerprint density at radius 3 is 1.12 bits per heavy atom. The molecule has 0 radical (unpaired) electrons. The summed E-state index contributed by atoms with van der Waals surface area (Å²) in [6.45, 7) is 4.77. The van der Waals surface area contributed by atoms with Crippen molar-refractivity contribution in [1.82, 2.24) is 0 Å². The van der Waals surface area contributed by atoms with E-state index < -0.39 is 24.3 Å². The molecule has 2 unspecified atom stereocenters. The fraction of sp³-hybridized carbons (Fsp3) is 0.776. The third kappa shape index (κ3) is 58.4. The number of unbranched alkanes of at least 4 members (excludes halogenated alkanes) is 31. The van der Waals surface area contributed by atoms with E-state index >= 15 is 0 Å². The van der Waals surface area contributed by atoms with Crippen molar-refractivity contribution >= 4 is 17.9 Å². The Morgan fingerprint density at radius 2 is 0.750 bits per heavy atom. The van der Waals surface area contributed by atoms with Crippen molar-refractivity contribution in [2.75, 3.05) is 47.5 Å². The number of carboxylic acid groups (broad SMARTS) is 1. The number of esters is 2. The number of quaternary nitrogens is 1. The second-order valence-electron chi connectivity index (χ2n) is 22.3. The summed E-state index contributed by atoms with van der Waals surface area (Å²) in [4.78, 5) is 37.5. The van der Waals surface area contributed by atoms with Crippen LogP contribution in [0.5, 0.6) is 0 Å². The Kier molecular flexibility index (Phi) is 55.4. The Balaban J connectivity index is 4.10. The van der Waals surface area contributed by atoms with E-state index in [4.69, 9.17) is 18.9 Å². The van der Waals surface area contributed by atoms with E-state index in [1.165, 1.54) is 167 Å². The highest BCUT2D eigenvalue weighted by molar-refractivity contribution is 5.71. The Morgan fingerprint density at radius 1 is 0.408 bits per heavy atom. The number of carbonyl (C=O) groups excluding carboxylic acids is 2. The van der Waals surface area contributed by atoms with E-state index in [0.29, 0.717) is 17.4 Å². The lowest BCUT2D eigenvalue weighted by atomic mass is 10.0. The standard InChI is InChI=1S/C67H119NO8/c1-6-8-10-12-14-16-18-20-22-24-26-27-28-29-30-31-32-33-34-35-36-37-38-39-40-42-44-46-48-50-52-54-56-58-65(70)76-63(62-75-67(66(71)72)73-60-59-68(3,4)5)61-74-64(69)57-55-53-51-49-47-45-43-41-25-23-21-19-17-15-13-11-9-7-2/h8,10,14,16-17,19-20,22-23,25-27,63,67H,6-7,9,11-13,15,18,21,24,28-62H2,1-5H3/p+1/b10-8-,16-14-,19-17-,22-20-,25-23-,27-26-. The van der Waals surface area contributed by atoms with Crippen LogP contribution in [0.4, 0.5) is 0 Å². The van der Waals surface area contributed by atoms with E-state index in [-0.39, 0.29) is 32.2 Å². The fourth-order valence-corrected chi connectivity index (χ4v) is 8.86. The average molecular weight is 1070 g/mol. The molecule has 0 bridgehead atoms. The third-order valence-electron chi connectivity index (χ3n) is 13.7. The second kappa shape index (κ2) is 57.9. The van der Waals surface area contributed by atoms with Crippen LogP contribution >= 0.6 is 0 Å². The average Bonchev–Trinajstić information content (AvgIpc) is 3.39. The molecule has 0 fully saturated rings. The topological polar surface area (TPSA) is 108 Å². The maximum absolute atomic E-state index is 12.9. The smallest absolute Gasteiger partial charge is 0.361 e. The zero-order valence-electron chi connectivity index (χ0n) is 50.2. The number of nitrogens with zero attached hydrogens (tertiary/aromatic N) is 1. The van der Waals surface area contributed by atoms with Gasteiger partial charge in [-0.15, -0.1) is 0 Å². The van der Waals surface area contributed by atoms with Gasteiger partial charge in [0.1, 0.15) is 13.2 Å². The minimum absolute atomic E-state index is 0.185. The van der Waals surface area contributed by atoms with Crippen LogP contribution in [0.1, 0.15) is 277 Å². The lowest BCUT2D eigenvalue weighted by Crippen LogP contribution is -2.40. The normalized spacial score (nSPS) is 13.2. The lowest BCUT2D eigenvalue weighted by molar-refractivity contribution is -0.870. The van der Waals surface area contributed by atoms with Gasteiger partial charge < -0.3 is 28.5 Å². The molecule has 0 aliphatic carbocycles. The SMILES string of the molecule is CC/C=C\C/C=C\C/C=C\C/C=C\CCCCCCCCCCCCCCCCCCCCCCC(=O)OC(COC(=O)CCCCCCCCC/C=C\C/C=C\CCCCCC)COC(OCC[N+](C)(C)C)C(=O)O. The summed E-state index contributed by atoms with van der Waals surface area (Å²) < 4.78 is 22.9. The molecule has 9 nitrogen and oxygen atoms in total. The summed E-state index contributed by atoms with van der Waals surface area (Å²) in [5.41, 5.74) is 0. The first-order chi connectivity index (χ1) is 37.1. The van der Waals surface area contributed by atoms with Gasteiger partial charge >= 0.3 is 17.9 Å². The summed E-state index contributed by atoms with van der Waals surface area (Å²) in [6.07, 6.45) is 72.8. The van der Waals surface area contributed by atoms with E-state index in [0.717, 1.165) is 83.5 Å². The van der Waals surface area contributed by atoms with Gasteiger partial charge in [0.25, 0.3) is 6.29 Å². The Labute approximate surface area is 468 Å². The molecule has 0 amide bonds. The summed E-state index contributed by atoms with van der Waals surface area (Å²) in [6, 6.07) is 0. The van der Waals surface area contributed by atoms with Gasteiger partial charge in [-0.25, -0.2) is 4.79 Å². The molecule has 1 N–H and O–H groups in total. The first-order valence-corrected chi connectivity index (χ1v) is 31.6. The second-order valence-corrected chi connectivity index (χ2v) is 22.3. The van der Waals surface area contributed by atoms with Gasteiger partial charge in [-0.05, 0) is 83.5 Å². The van der Waals surface area contributed by atoms with Gasteiger partial charge in [0.2, 0.25) is 0 Å². The molecule has 0 rings (SSSR count). The van der Waals surface area contributed by atoms with E-state index in [1.54, 1.807) is 0 Å². The van der Waals surface area contributed by atoms with Crippen molar-refractivity contribution < 1.29 is 42.9 Å². The van der Waals surface area contributed by atoms with Crippen LogP contribution in [0.25, 0.3) is 0 Å². The summed E-state index contributed by atoms with van der Waals surface area (Å²) in [7, 11) is 5.97. The molecule has 440 valence electrons. The van der Waals surface area contributed by atoms with Crippen molar-refractivity contribution in [3.63, 3.8) is 0 Å². The van der Waals surface area contributed by atoms with Crippen LogP contribution in [0.15, 0.2) is 72.9 Å². The molecule has 0 aromatic carbocycles. The largest absolute Gasteiger partial charge is 0.477 e. The monoisotopic (exact) mass is 1070 g/mol. The molecule has 76 heavy (non-hydrogen) atoms. The predicted molar refractivity (Wildman–Crippen MR) is 323 cm³/mol. The molecule has 9 heteroatoms. The van der Waals surface area contributed by atoms with Crippen LogP contribution in [0.3, 0.4) is 0 Å². The van der Waals surface area contributed by atoms with Gasteiger partial charge in [-0.2, -0.15) is 0 Å². The number of likely N-dealkylation sites (N-methyl/N-ethyl adjacent to an activating group) is 1.